The van der Waals surface area contributed by atoms with E-state index in [1.54, 1.807) is 0 Å². The quantitative estimate of drug-likeness (QED) is 0.637. The van der Waals surface area contributed by atoms with Gasteiger partial charge in [-0.05, 0) is 18.8 Å². The van der Waals surface area contributed by atoms with Crippen LogP contribution in [-0.4, -0.2) is 45.8 Å². The lowest BCUT2D eigenvalue weighted by Crippen LogP contribution is -2.57. The van der Waals surface area contributed by atoms with Crippen molar-refractivity contribution in [1.82, 2.24) is 0 Å². The highest BCUT2D eigenvalue weighted by molar-refractivity contribution is 4.91. The van der Waals surface area contributed by atoms with Crippen molar-refractivity contribution < 1.29 is 20.1 Å². The van der Waals surface area contributed by atoms with E-state index in [0.29, 0.717) is 18.8 Å². The molecular formula is C11H22O4. The van der Waals surface area contributed by atoms with Gasteiger partial charge in [-0.1, -0.05) is 20.8 Å². The summed E-state index contributed by atoms with van der Waals surface area (Å²) in [6, 6.07) is 0. The van der Waals surface area contributed by atoms with Gasteiger partial charge in [0.1, 0.15) is 18.3 Å². The molecule has 0 spiro atoms. The van der Waals surface area contributed by atoms with Gasteiger partial charge in [0.2, 0.25) is 0 Å². The van der Waals surface area contributed by atoms with Crippen LogP contribution in [0.25, 0.3) is 0 Å². The summed E-state index contributed by atoms with van der Waals surface area (Å²) in [5, 5.41) is 29.0. The molecule has 0 saturated carbocycles. The monoisotopic (exact) mass is 218 g/mol. The third-order valence-electron chi connectivity index (χ3n) is 2.92. The van der Waals surface area contributed by atoms with Gasteiger partial charge in [-0.15, -0.1) is 0 Å². The van der Waals surface area contributed by atoms with Gasteiger partial charge in [0, 0.05) is 0 Å². The van der Waals surface area contributed by atoms with E-state index in [0.717, 1.165) is 0 Å². The molecule has 1 saturated heterocycles. The molecule has 1 aliphatic heterocycles. The number of aliphatic hydroxyl groups is 3. The summed E-state index contributed by atoms with van der Waals surface area (Å²) in [5.74, 6) is 0.393. The number of hydrogen-bond donors (Lipinski definition) is 3. The summed E-state index contributed by atoms with van der Waals surface area (Å²) in [4.78, 5) is 0. The summed E-state index contributed by atoms with van der Waals surface area (Å²) in [6.45, 7) is 5.97. The lowest BCUT2D eigenvalue weighted by molar-refractivity contribution is -0.225. The van der Waals surface area contributed by atoms with E-state index in [4.69, 9.17) is 4.74 Å². The van der Waals surface area contributed by atoms with E-state index < -0.39 is 18.3 Å². The molecule has 15 heavy (non-hydrogen) atoms. The van der Waals surface area contributed by atoms with Crippen molar-refractivity contribution in [2.24, 2.45) is 5.92 Å². The Morgan fingerprint density at radius 1 is 1.00 bits per heavy atom. The molecule has 0 aromatic heterocycles. The van der Waals surface area contributed by atoms with E-state index >= 15 is 0 Å². The molecule has 5 atom stereocenters. The van der Waals surface area contributed by atoms with Gasteiger partial charge in [0.05, 0.1) is 12.2 Å². The minimum absolute atomic E-state index is 0.367. The summed E-state index contributed by atoms with van der Waals surface area (Å²) < 4.78 is 5.58. The van der Waals surface area contributed by atoms with Crippen LogP contribution in [0.1, 0.15) is 33.6 Å². The predicted octanol–water partition coefficient (Wildman–Crippen LogP) is 0.293. The Hall–Kier alpha value is -0.160. The highest BCUT2D eigenvalue weighted by Gasteiger charge is 2.42. The number of rotatable bonds is 3. The number of ether oxygens (including phenoxy) is 1. The van der Waals surface area contributed by atoms with Crippen LogP contribution in [0.4, 0.5) is 0 Å². The van der Waals surface area contributed by atoms with Crippen LogP contribution in [0.3, 0.4) is 0 Å². The molecule has 0 bridgehead atoms. The molecule has 0 radical (unpaired) electrons. The SMILES string of the molecule is CCC1OC(CC(C)C)C(O)C(O)C1O. The summed E-state index contributed by atoms with van der Waals surface area (Å²) in [6.07, 6.45) is -2.45. The lowest BCUT2D eigenvalue weighted by Gasteiger charge is -2.41. The Morgan fingerprint density at radius 3 is 2.00 bits per heavy atom. The zero-order chi connectivity index (χ0) is 11.6. The van der Waals surface area contributed by atoms with Gasteiger partial charge < -0.3 is 20.1 Å². The number of hydrogen-bond acceptors (Lipinski definition) is 4. The van der Waals surface area contributed by atoms with Gasteiger partial charge in [-0.2, -0.15) is 0 Å². The molecule has 4 heteroatoms. The average Bonchev–Trinajstić information content (AvgIpc) is 2.18. The first-order valence-electron chi connectivity index (χ1n) is 5.67. The van der Waals surface area contributed by atoms with Crippen molar-refractivity contribution in [1.29, 1.82) is 0 Å². The second kappa shape index (κ2) is 5.25. The highest BCUT2D eigenvalue weighted by Crippen LogP contribution is 2.26. The molecule has 3 N–H and O–H groups in total. The Morgan fingerprint density at radius 2 is 1.53 bits per heavy atom. The van der Waals surface area contributed by atoms with Crippen molar-refractivity contribution in [3.8, 4) is 0 Å². The van der Waals surface area contributed by atoms with Crippen LogP contribution < -0.4 is 0 Å². The lowest BCUT2D eigenvalue weighted by atomic mass is 9.90. The van der Waals surface area contributed by atoms with E-state index in [2.05, 4.69) is 0 Å². The Balaban J connectivity index is 2.65. The summed E-state index contributed by atoms with van der Waals surface area (Å²) >= 11 is 0. The molecular weight excluding hydrogens is 196 g/mol. The van der Waals surface area contributed by atoms with Gasteiger partial charge in [0.25, 0.3) is 0 Å². The molecule has 0 aromatic rings. The van der Waals surface area contributed by atoms with Crippen molar-refractivity contribution in [3.05, 3.63) is 0 Å². The van der Waals surface area contributed by atoms with Gasteiger partial charge >= 0.3 is 0 Å². The molecule has 1 heterocycles. The van der Waals surface area contributed by atoms with Crippen molar-refractivity contribution in [2.45, 2.75) is 64.1 Å². The molecule has 1 aliphatic rings. The van der Waals surface area contributed by atoms with Gasteiger partial charge in [0.15, 0.2) is 0 Å². The standard InChI is InChI=1S/C11H22O4/c1-4-7-9(12)11(14)10(13)8(15-7)5-6(2)3/h6-14H,4-5H2,1-3H3. The molecule has 5 unspecified atom stereocenters. The Labute approximate surface area is 90.9 Å². The van der Waals surface area contributed by atoms with E-state index in [9.17, 15) is 15.3 Å². The van der Waals surface area contributed by atoms with E-state index in [-0.39, 0.29) is 12.2 Å². The first-order valence-corrected chi connectivity index (χ1v) is 5.67. The highest BCUT2D eigenvalue weighted by atomic mass is 16.5. The first kappa shape index (κ1) is 12.9. The van der Waals surface area contributed by atoms with Crippen molar-refractivity contribution in [2.75, 3.05) is 0 Å². The third kappa shape index (κ3) is 2.91. The zero-order valence-electron chi connectivity index (χ0n) is 9.63. The third-order valence-corrected chi connectivity index (χ3v) is 2.92. The smallest absolute Gasteiger partial charge is 0.111 e. The Bertz CT molecular complexity index is 193. The maximum Gasteiger partial charge on any atom is 0.111 e. The normalized spacial score (nSPS) is 42.2. The maximum atomic E-state index is 9.74. The molecule has 1 rings (SSSR count). The van der Waals surface area contributed by atoms with E-state index in [1.807, 2.05) is 20.8 Å². The van der Waals surface area contributed by atoms with Crippen LogP contribution >= 0.6 is 0 Å². The second-order valence-electron chi connectivity index (χ2n) is 4.72. The van der Waals surface area contributed by atoms with Crippen molar-refractivity contribution >= 4 is 0 Å². The second-order valence-corrected chi connectivity index (χ2v) is 4.72. The largest absolute Gasteiger partial charge is 0.388 e. The van der Waals surface area contributed by atoms with Crippen LogP contribution in [0.2, 0.25) is 0 Å². The molecule has 0 aliphatic carbocycles. The van der Waals surface area contributed by atoms with Crippen LogP contribution in [0.15, 0.2) is 0 Å². The first-order chi connectivity index (χ1) is 6.97. The van der Waals surface area contributed by atoms with Crippen LogP contribution in [0, 0.1) is 5.92 Å². The van der Waals surface area contributed by atoms with Gasteiger partial charge in [-0.25, -0.2) is 0 Å². The number of aliphatic hydroxyl groups excluding tert-OH is 3. The molecule has 0 aromatic carbocycles. The minimum atomic E-state index is -1.09. The fourth-order valence-electron chi connectivity index (χ4n) is 2.02. The van der Waals surface area contributed by atoms with Crippen molar-refractivity contribution in [3.63, 3.8) is 0 Å². The topological polar surface area (TPSA) is 69.9 Å². The van der Waals surface area contributed by atoms with Crippen LogP contribution in [-0.2, 0) is 4.74 Å². The molecule has 90 valence electrons. The molecule has 4 nitrogen and oxygen atoms in total. The maximum absolute atomic E-state index is 9.74. The average molecular weight is 218 g/mol. The van der Waals surface area contributed by atoms with Gasteiger partial charge in [-0.3, -0.25) is 0 Å². The van der Waals surface area contributed by atoms with E-state index in [1.165, 1.54) is 0 Å². The Kier molecular flexibility index (Phi) is 4.52. The molecule has 1 fully saturated rings. The zero-order valence-corrected chi connectivity index (χ0v) is 9.63. The summed E-state index contributed by atoms with van der Waals surface area (Å²) in [7, 11) is 0. The summed E-state index contributed by atoms with van der Waals surface area (Å²) in [5.41, 5.74) is 0. The minimum Gasteiger partial charge on any atom is -0.388 e. The fourth-order valence-corrected chi connectivity index (χ4v) is 2.02. The fraction of sp³-hybridized carbons (Fsp3) is 1.00. The predicted molar refractivity (Wildman–Crippen MR) is 56.4 cm³/mol. The van der Waals surface area contributed by atoms with Crippen LogP contribution in [0.5, 0.6) is 0 Å². The molecule has 0 amide bonds.